The quantitative estimate of drug-likeness (QED) is 0.690. The number of hydrogen-bond acceptors (Lipinski definition) is 3. The molecule has 0 fully saturated rings. The summed E-state index contributed by atoms with van der Waals surface area (Å²) in [4.78, 5) is 10.9. The predicted octanol–water partition coefficient (Wildman–Crippen LogP) is 1.74. The third-order valence-corrected chi connectivity index (χ3v) is 1.88. The fraction of sp³-hybridized carbons (Fsp3) is 0.111. The highest BCUT2D eigenvalue weighted by molar-refractivity contribution is 6.41. The molecule has 1 aromatic carbocycles. The Morgan fingerprint density at radius 2 is 1.92 bits per heavy atom. The van der Waals surface area contributed by atoms with Crippen molar-refractivity contribution in [3.05, 3.63) is 35.9 Å². The molecule has 1 unspecified atom stereocenters. The van der Waals surface area contributed by atoms with Crippen molar-refractivity contribution in [2.24, 2.45) is 10.2 Å². The van der Waals surface area contributed by atoms with Gasteiger partial charge in [0.1, 0.15) is 11.8 Å². The number of carbonyl (C=O) groups is 1. The Morgan fingerprint density at radius 1 is 1.23 bits per heavy atom. The van der Waals surface area contributed by atoms with Gasteiger partial charge in [0, 0.05) is 0 Å². The Hall–Kier alpha value is -1.84. The van der Waals surface area contributed by atoms with Crippen molar-refractivity contribution in [3.8, 4) is 0 Å². The third kappa shape index (κ3) is 1.26. The van der Waals surface area contributed by atoms with Crippen molar-refractivity contribution in [3.63, 3.8) is 0 Å². The predicted molar refractivity (Wildman–Crippen MR) is 46.8 cm³/mol. The molecule has 4 nitrogen and oxygen atoms in total. The van der Waals surface area contributed by atoms with Crippen LogP contribution in [-0.4, -0.2) is 11.6 Å². The van der Waals surface area contributed by atoms with Crippen LogP contribution >= 0.6 is 0 Å². The number of nitrogens with one attached hydrogen (secondary N) is 1. The molecule has 0 aromatic heterocycles. The molecule has 0 aliphatic carbocycles. The van der Waals surface area contributed by atoms with Gasteiger partial charge < -0.3 is 0 Å². The summed E-state index contributed by atoms with van der Waals surface area (Å²) in [6.07, 6.45) is 0. The van der Waals surface area contributed by atoms with Gasteiger partial charge >= 0.3 is 5.91 Å². The van der Waals surface area contributed by atoms with Crippen LogP contribution in [0.15, 0.2) is 40.6 Å². The van der Waals surface area contributed by atoms with Crippen molar-refractivity contribution < 1.29 is 4.79 Å². The van der Waals surface area contributed by atoms with Crippen LogP contribution in [0.2, 0.25) is 0 Å². The number of benzene rings is 1. The van der Waals surface area contributed by atoms with Crippen molar-refractivity contribution >= 4 is 11.6 Å². The summed E-state index contributed by atoms with van der Waals surface area (Å²) in [6.45, 7) is 0. The number of nitrogens with zero attached hydrogens (tertiary/aromatic N) is 2. The lowest BCUT2D eigenvalue weighted by molar-refractivity contribution is -0.111. The molecular formula is C9H7N3O. The van der Waals surface area contributed by atoms with Crippen LogP contribution in [0.3, 0.4) is 0 Å². The normalized spacial score (nSPS) is 21.1. The summed E-state index contributed by atoms with van der Waals surface area (Å²) in [5.74, 6) is -0.533. The maximum atomic E-state index is 10.9. The van der Waals surface area contributed by atoms with Crippen LogP contribution < -0.4 is 0 Å². The van der Waals surface area contributed by atoms with E-state index in [0.717, 1.165) is 5.56 Å². The zero-order valence-corrected chi connectivity index (χ0v) is 6.77. The van der Waals surface area contributed by atoms with Crippen LogP contribution in [0.4, 0.5) is 0 Å². The molecule has 1 amide bonds. The third-order valence-electron chi connectivity index (χ3n) is 1.88. The van der Waals surface area contributed by atoms with Crippen LogP contribution in [0.5, 0.6) is 0 Å². The molecule has 0 spiro atoms. The molecule has 1 aromatic rings. The summed E-state index contributed by atoms with van der Waals surface area (Å²) in [7, 11) is 0. The van der Waals surface area contributed by atoms with Crippen LogP contribution in [0, 0.1) is 5.41 Å². The largest absolute Gasteiger partial charge is 0.311 e. The van der Waals surface area contributed by atoms with Gasteiger partial charge in [-0.1, -0.05) is 30.3 Å². The highest BCUT2D eigenvalue weighted by Gasteiger charge is 2.27. The molecule has 0 radical (unpaired) electrons. The monoisotopic (exact) mass is 173 g/mol. The van der Waals surface area contributed by atoms with Crippen molar-refractivity contribution in [2.75, 3.05) is 0 Å². The minimum Gasteiger partial charge on any atom is -0.297 e. The first-order valence-electron chi connectivity index (χ1n) is 3.87. The maximum absolute atomic E-state index is 10.9. The number of hydrogen-bond donors (Lipinski definition) is 1. The number of rotatable bonds is 1. The average molecular weight is 173 g/mol. The Balaban J connectivity index is 2.35. The van der Waals surface area contributed by atoms with E-state index in [9.17, 15) is 4.79 Å². The van der Waals surface area contributed by atoms with Gasteiger partial charge in [0.25, 0.3) is 0 Å². The molecule has 0 saturated heterocycles. The van der Waals surface area contributed by atoms with E-state index < -0.39 is 11.9 Å². The molecule has 0 saturated carbocycles. The van der Waals surface area contributed by atoms with E-state index in [1.54, 1.807) is 0 Å². The number of carbonyl (C=O) groups excluding carboxylic acids is 1. The van der Waals surface area contributed by atoms with Gasteiger partial charge in [0.15, 0.2) is 0 Å². The maximum Gasteiger partial charge on any atom is 0.311 e. The summed E-state index contributed by atoms with van der Waals surface area (Å²) in [5.41, 5.74) is 0.785. The Morgan fingerprint density at radius 3 is 2.46 bits per heavy atom. The molecule has 13 heavy (non-hydrogen) atoms. The van der Waals surface area contributed by atoms with Crippen LogP contribution in [0.25, 0.3) is 0 Å². The second-order valence-corrected chi connectivity index (χ2v) is 2.75. The van der Waals surface area contributed by atoms with Gasteiger partial charge in [-0.25, -0.2) is 0 Å². The van der Waals surface area contributed by atoms with Crippen LogP contribution in [0.1, 0.15) is 11.6 Å². The summed E-state index contributed by atoms with van der Waals surface area (Å²) < 4.78 is 0. The van der Waals surface area contributed by atoms with E-state index in [1.165, 1.54) is 0 Å². The fourth-order valence-corrected chi connectivity index (χ4v) is 1.21. The zero-order valence-electron chi connectivity index (χ0n) is 6.77. The van der Waals surface area contributed by atoms with Crippen molar-refractivity contribution in [1.29, 1.82) is 5.41 Å². The van der Waals surface area contributed by atoms with E-state index >= 15 is 0 Å². The smallest absolute Gasteiger partial charge is 0.297 e. The minimum atomic E-state index is -0.533. The Kier molecular flexibility index (Phi) is 1.73. The Labute approximate surface area is 74.8 Å². The molecule has 0 bridgehead atoms. The molecule has 4 heteroatoms. The first-order valence-corrected chi connectivity index (χ1v) is 3.87. The topological polar surface area (TPSA) is 65.6 Å². The van der Waals surface area contributed by atoms with E-state index in [4.69, 9.17) is 5.41 Å². The SMILES string of the molecule is N=C1C(=O)N=NC1c1ccccc1. The second kappa shape index (κ2) is 2.90. The lowest BCUT2D eigenvalue weighted by atomic mass is 10.0. The number of amides is 1. The zero-order chi connectivity index (χ0) is 9.26. The van der Waals surface area contributed by atoms with Gasteiger partial charge in [-0.2, -0.15) is 5.11 Å². The second-order valence-electron chi connectivity index (χ2n) is 2.75. The molecule has 1 atom stereocenters. The standard InChI is InChI=1S/C9H7N3O/c10-7-8(11-12-9(7)13)6-4-2-1-3-5-6/h1-5,8,10H. The molecule has 2 rings (SSSR count). The van der Waals surface area contributed by atoms with E-state index in [2.05, 4.69) is 10.2 Å². The minimum absolute atomic E-state index is 0.0498. The van der Waals surface area contributed by atoms with E-state index in [0.29, 0.717) is 0 Å². The van der Waals surface area contributed by atoms with Gasteiger partial charge in [-0.3, -0.25) is 10.2 Å². The highest BCUT2D eigenvalue weighted by Crippen LogP contribution is 2.23. The highest BCUT2D eigenvalue weighted by atomic mass is 16.2. The lowest BCUT2D eigenvalue weighted by Gasteiger charge is -2.03. The first kappa shape index (κ1) is 7.79. The molecule has 1 aliphatic heterocycles. The number of azo groups is 1. The van der Waals surface area contributed by atoms with Crippen LogP contribution in [-0.2, 0) is 4.79 Å². The average Bonchev–Trinajstić information content (AvgIpc) is 2.49. The summed E-state index contributed by atoms with van der Waals surface area (Å²) in [6, 6.07) is 8.74. The van der Waals surface area contributed by atoms with Gasteiger partial charge in [0.2, 0.25) is 0 Å². The van der Waals surface area contributed by atoms with Gasteiger partial charge in [0.05, 0.1) is 0 Å². The van der Waals surface area contributed by atoms with Crippen molar-refractivity contribution in [1.82, 2.24) is 0 Å². The summed E-state index contributed by atoms with van der Waals surface area (Å²) in [5, 5.41) is 14.5. The lowest BCUT2D eigenvalue weighted by Crippen LogP contribution is -2.11. The molecule has 1 aliphatic rings. The van der Waals surface area contributed by atoms with E-state index in [1.807, 2.05) is 30.3 Å². The Bertz CT molecular complexity index is 383. The first-order chi connectivity index (χ1) is 6.29. The van der Waals surface area contributed by atoms with Gasteiger partial charge in [-0.05, 0) is 5.56 Å². The fourth-order valence-electron chi connectivity index (χ4n) is 1.21. The van der Waals surface area contributed by atoms with E-state index in [-0.39, 0.29) is 5.71 Å². The van der Waals surface area contributed by atoms with Crippen molar-refractivity contribution in [2.45, 2.75) is 6.04 Å². The molecule has 64 valence electrons. The molecule has 1 heterocycles. The molecule has 1 N–H and O–H groups in total. The summed E-state index contributed by atoms with van der Waals surface area (Å²) >= 11 is 0. The molecular weight excluding hydrogens is 166 g/mol. The van der Waals surface area contributed by atoms with Gasteiger partial charge in [-0.15, -0.1) is 5.11 Å².